The number of amides is 7. The number of aliphatic hydroxyl groups excluding tert-OH is 2. The Morgan fingerprint density at radius 2 is 1.42 bits per heavy atom. The Labute approximate surface area is 481 Å². The van der Waals surface area contributed by atoms with Crippen molar-refractivity contribution in [2.45, 2.75) is 181 Å². The van der Waals surface area contributed by atoms with Crippen LogP contribution in [0.15, 0.2) is 30.3 Å². The van der Waals surface area contributed by atoms with Gasteiger partial charge in [-0.05, 0) is 69.0 Å². The summed E-state index contributed by atoms with van der Waals surface area (Å²) in [7, 11) is 8.39. The molecule has 7 N–H and O–H groups in total. The summed E-state index contributed by atoms with van der Waals surface area (Å²) in [5.74, 6) is -4.40. The van der Waals surface area contributed by atoms with Gasteiger partial charge in [-0.3, -0.25) is 33.7 Å². The van der Waals surface area contributed by atoms with Gasteiger partial charge in [-0.1, -0.05) is 106 Å². The average molecular weight is 1150 g/mol. The summed E-state index contributed by atoms with van der Waals surface area (Å²) >= 11 is 0. The number of aliphatic hydroxyl groups is 2. The molecule has 1 aliphatic heterocycles. The number of hydrogen-bond acceptors (Lipinski definition) is 16. The second-order valence-electron chi connectivity index (χ2n) is 22.4. The van der Waals surface area contributed by atoms with E-state index >= 15 is 0 Å². The van der Waals surface area contributed by atoms with Crippen LogP contribution in [0, 0.1) is 29.6 Å². The molecule has 0 aromatic heterocycles. The van der Waals surface area contributed by atoms with Crippen molar-refractivity contribution in [2.75, 3.05) is 74.8 Å². The van der Waals surface area contributed by atoms with E-state index in [1.54, 1.807) is 44.5 Å². The normalized spacial score (nSPS) is 17.6. The van der Waals surface area contributed by atoms with Gasteiger partial charge in [0.2, 0.25) is 35.4 Å². The van der Waals surface area contributed by atoms with Crippen molar-refractivity contribution < 1.29 is 72.3 Å². The predicted molar refractivity (Wildman–Crippen MR) is 305 cm³/mol. The molecule has 0 aliphatic carbocycles. The van der Waals surface area contributed by atoms with Crippen molar-refractivity contribution in [1.29, 1.82) is 0 Å². The van der Waals surface area contributed by atoms with Gasteiger partial charge in [0, 0.05) is 53.7 Å². The molecule has 2 rings (SSSR count). The standard InChI is InChI=1S/C58H100N8O15/c1-16-38(9)51(65(13)56(74)48(35(3)4)63-55(73)50(37(7)8)64(11)12)44(77-14)32-46(69)66-29-21-25-43(66)52(78-15)39(10)53(71)61-42(31-40-23-19-18-20-24-40)54(72)59-27-22-30-79-57(75)49(36(5)6)62-45(68)26-28-60-58(76)80-34-47(70)81-41(17-2)33-67/h18-20,23-24,35-39,41-44,47-52,67,70H,16-17,21-22,25-34H2,1-15H3,(H,59,72)(H,60,76)(H,61,71)(H,62,68)(H,63,73)/t38-,39+,41?,42-,43-,44+,47?,48-,49-,50-,51-,52+/m0/s1. The molecule has 23 nitrogen and oxygen atoms in total. The van der Waals surface area contributed by atoms with Crippen LogP contribution in [0.25, 0.3) is 0 Å². The lowest BCUT2D eigenvalue weighted by atomic mass is 9.89. The summed E-state index contributed by atoms with van der Waals surface area (Å²) in [4.78, 5) is 114. The molecule has 2 unspecified atom stereocenters. The fourth-order valence-electron chi connectivity index (χ4n) is 10.2. The summed E-state index contributed by atoms with van der Waals surface area (Å²) in [5, 5.41) is 32.9. The minimum absolute atomic E-state index is 0.00165. The number of nitrogens with zero attached hydrogens (tertiary/aromatic N) is 3. The Bertz CT molecular complexity index is 2090. The largest absolute Gasteiger partial charge is 0.464 e. The van der Waals surface area contributed by atoms with E-state index in [2.05, 4.69) is 26.6 Å². The molecule has 7 amide bonds. The fraction of sp³-hybridized carbons (Fsp3) is 0.759. The third-order valence-corrected chi connectivity index (χ3v) is 14.9. The van der Waals surface area contributed by atoms with Crippen LogP contribution in [-0.2, 0) is 63.7 Å². The second-order valence-corrected chi connectivity index (χ2v) is 22.4. The molecule has 12 atom stereocenters. The first-order chi connectivity index (χ1) is 38.3. The average Bonchev–Trinajstić information content (AvgIpc) is 3.92. The molecule has 81 heavy (non-hydrogen) atoms. The van der Waals surface area contributed by atoms with Gasteiger partial charge in [0.05, 0.1) is 62.0 Å². The number of likely N-dealkylation sites (tertiary alicyclic amines) is 1. The molecule has 1 aliphatic rings. The van der Waals surface area contributed by atoms with E-state index in [9.17, 15) is 48.6 Å². The number of carbonyl (C=O) groups excluding carboxylic acids is 8. The number of methoxy groups -OCH3 is 2. The number of alkyl carbamates (subject to hydrolysis) is 1. The molecule has 0 bridgehead atoms. The molecule has 1 heterocycles. The highest BCUT2D eigenvalue weighted by atomic mass is 16.6. The quantitative estimate of drug-likeness (QED) is 0.0286. The highest BCUT2D eigenvalue weighted by Gasteiger charge is 2.44. The monoisotopic (exact) mass is 1150 g/mol. The lowest BCUT2D eigenvalue weighted by Crippen LogP contribution is -2.59. The minimum Gasteiger partial charge on any atom is -0.464 e. The first-order valence-corrected chi connectivity index (χ1v) is 28.8. The van der Waals surface area contributed by atoms with Crippen molar-refractivity contribution in [3.05, 3.63) is 35.9 Å². The zero-order valence-corrected chi connectivity index (χ0v) is 51.0. The molecular formula is C58H100N8O15. The number of rotatable bonds is 37. The molecule has 0 saturated carbocycles. The van der Waals surface area contributed by atoms with Gasteiger partial charge in [0.25, 0.3) is 0 Å². The summed E-state index contributed by atoms with van der Waals surface area (Å²) in [6.07, 6.45) is -1.96. The molecule has 0 radical (unpaired) electrons. The molecule has 1 saturated heterocycles. The zero-order valence-electron chi connectivity index (χ0n) is 51.0. The lowest BCUT2D eigenvalue weighted by molar-refractivity contribution is -0.165. The van der Waals surface area contributed by atoms with Crippen LogP contribution >= 0.6 is 0 Å². The van der Waals surface area contributed by atoms with E-state index in [0.717, 1.165) is 5.56 Å². The van der Waals surface area contributed by atoms with Gasteiger partial charge in [0.15, 0.2) is 6.29 Å². The van der Waals surface area contributed by atoms with E-state index in [0.29, 0.717) is 32.2 Å². The van der Waals surface area contributed by atoms with Crippen molar-refractivity contribution in [3.8, 4) is 0 Å². The number of ether oxygens (including phenoxy) is 5. The van der Waals surface area contributed by atoms with Crippen molar-refractivity contribution >= 4 is 47.5 Å². The van der Waals surface area contributed by atoms with Crippen molar-refractivity contribution in [2.24, 2.45) is 29.6 Å². The number of esters is 1. The fourth-order valence-corrected chi connectivity index (χ4v) is 10.2. The van der Waals surface area contributed by atoms with Gasteiger partial charge in [-0.25, -0.2) is 9.59 Å². The van der Waals surface area contributed by atoms with Crippen LogP contribution in [-0.4, -0.2) is 208 Å². The van der Waals surface area contributed by atoms with E-state index in [1.807, 2.05) is 90.9 Å². The zero-order chi connectivity index (χ0) is 61.1. The van der Waals surface area contributed by atoms with E-state index in [-0.39, 0.29) is 93.4 Å². The van der Waals surface area contributed by atoms with Crippen molar-refractivity contribution in [3.63, 3.8) is 0 Å². The van der Waals surface area contributed by atoms with E-state index in [4.69, 9.17) is 23.7 Å². The van der Waals surface area contributed by atoms with Gasteiger partial charge >= 0.3 is 12.1 Å². The predicted octanol–water partition coefficient (Wildman–Crippen LogP) is 2.77. The minimum atomic E-state index is -1.44. The molecular weight excluding hydrogens is 1050 g/mol. The highest BCUT2D eigenvalue weighted by Crippen LogP contribution is 2.30. The first-order valence-electron chi connectivity index (χ1n) is 28.8. The van der Waals surface area contributed by atoms with Crippen molar-refractivity contribution in [1.82, 2.24) is 41.3 Å². The van der Waals surface area contributed by atoms with Crippen LogP contribution in [0.1, 0.15) is 120 Å². The Balaban J connectivity index is 2.11. The molecule has 1 aromatic carbocycles. The number of likely N-dealkylation sites (N-methyl/N-ethyl adjacent to an activating group) is 2. The number of carbonyl (C=O) groups is 8. The van der Waals surface area contributed by atoms with Gasteiger partial charge in [0.1, 0.15) is 24.7 Å². The second kappa shape index (κ2) is 36.9. The van der Waals surface area contributed by atoms with Gasteiger partial charge in [-0.15, -0.1) is 0 Å². The number of benzene rings is 1. The third kappa shape index (κ3) is 23.4. The highest BCUT2D eigenvalue weighted by molar-refractivity contribution is 5.91. The van der Waals surface area contributed by atoms with Gasteiger partial charge < -0.3 is 70.3 Å². The Hall–Kier alpha value is -5.46. The molecule has 462 valence electrons. The van der Waals surface area contributed by atoms with Crippen LogP contribution in [0.4, 0.5) is 4.79 Å². The summed E-state index contributed by atoms with van der Waals surface area (Å²) < 4.78 is 27.6. The summed E-state index contributed by atoms with van der Waals surface area (Å²) in [6.45, 7) is 18.1. The molecule has 23 heteroatoms. The Kier molecular flexibility index (Phi) is 32.6. The number of nitrogens with one attached hydrogen (secondary N) is 5. The molecule has 1 fully saturated rings. The summed E-state index contributed by atoms with van der Waals surface area (Å²) in [6, 6.07) is 4.89. The molecule has 1 aromatic rings. The summed E-state index contributed by atoms with van der Waals surface area (Å²) in [5.41, 5.74) is 0.794. The van der Waals surface area contributed by atoms with Crippen LogP contribution in [0.5, 0.6) is 0 Å². The van der Waals surface area contributed by atoms with Crippen LogP contribution < -0.4 is 26.6 Å². The maximum absolute atomic E-state index is 14.5. The Morgan fingerprint density at radius 1 is 0.765 bits per heavy atom. The van der Waals surface area contributed by atoms with E-state index < -0.39 is 103 Å². The SMILES string of the molecule is CCC(CO)OC(O)COC(=O)NCCC(=O)N[C@H](C(=O)OCCCNC(=O)[C@H](Cc1ccccc1)NC(=O)[C@H](C)[C@@H](OC)[C@@H]1CCCN1C(=O)C[C@@H](OC)[C@H]([C@@H](C)CC)N(C)C(=O)[C@@H](NC(=O)[C@H](C(C)C)N(C)C)C(C)C)C(C)C. The smallest absolute Gasteiger partial charge is 0.407 e. The molecule has 0 spiro atoms. The maximum atomic E-state index is 14.5. The van der Waals surface area contributed by atoms with Gasteiger partial charge in [-0.2, -0.15) is 0 Å². The number of hydrogen-bond donors (Lipinski definition) is 7. The van der Waals surface area contributed by atoms with Crippen LogP contribution in [0.2, 0.25) is 0 Å². The lowest BCUT2D eigenvalue weighted by Gasteiger charge is -2.41. The third-order valence-electron chi connectivity index (χ3n) is 14.9. The van der Waals surface area contributed by atoms with Crippen LogP contribution in [0.3, 0.4) is 0 Å². The van der Waals surface area contributed by atoms with E-state index in [1.165, 1.54) is 14.2 Å². The Morgan fingerprint density at radius 3 is 1.98 bits per heavy atom. The maximum Gasteiger partial charge on any atom is 0.407 e. The first kappa shape index (κ1) is 71.6. The topological polar surface area (TPSA) is 293 Å².